The van der Waals surface area contributed by atoms with Crippen LogP contribution in [0.25, 0.3) is 4.91 Å². The molecule has 0 bridgehead atoms. The van der Waals surface area contributed by atoms with Crippen LogP contribution in [0.2, 0.25) is 0 Å². The van der Waals surface area contributed by atoms with Crippen molar-refractivity contribution in [3.63, 3.8) is 0 Å². The average molecular weight is 295 g/mol. The van der Waals surface area contributed by atoms with Crippen LogP contribution in [0.1, 0.15) is 40.2 Å². The lowest BCUT2D eigenvalue weighted by Gasteiger charge is -2.28. The Morgan fingerprint density at radius 2 is 1.74 bits per heavy atom. The number of rotatable bonds is 6. The molecule has 1 rings (SSSR count). The number of thioether (sulfide) groups is 2. The van der Waals surface area contributed by atoms with Gasteiger partial charge in [-0.15, -0.1) is 11.8 Å². The molecule has 0 amide bonds. The van der Waals surface area contributed by atoms with Crippen molar-refractivity contribution in [3.05, 3.63) is 42.0 Å². The molecule has 0 N–H and O–H groups in total. The van der Waals surface area contributed by atoms with Crippen molar-refractivity contribution in [2.24, 2.45) is 5.41 Å². The Morgan fingerprint density at radius 3 is 2.21 bits per heavy atom. The Morgan fingerprint density at radius 1 is 1.11 bits per heavy atom. The SMILES string of the molecule is CCS/C(=C\C(SCC)C(C)(C)C)c1ccccc1. The molecule has 0 aromatic heterocycles. The van der Waals surface area contributed by atoms with Crippen molar-refractivity contribution in [2.45, 2.75) is 39.9 Å². The third-order valence-corrected chi connectivity index (χ3v) is 5.37. The summed E-state index contributed by atoms with van der Waals surface area (Å²) in [5.41, 5.74) is 1.65. The zero-order valence-electron chi connectivity index (χ0n) is 12.8. The predicted octanol–water partition coefficient (Wildman–Crippen LogP) is 5.95. The highest BCUT2D eigenvalue weighted by atomic mass is 32.2. The van der Waals surface area contributed by atoms with Crippen LogP contribution >= 0.6 is 23.5 Å². The van der Waals surface area contributed by atoms with Gasteiger partial charge in [-0.1, -0.05) is 71.0 Å². The monoisotopic (exact) mass is 294 g/mol. The van der Waals surface area contributed by atoms with Gasteiger partial charge in [-0.05, 0) is 22.5 Å². The lowest BCUT2D eigenvalue weighted by molar-refractivity contribution is 0.433. The maximum absolute atomic E-state index is 2.47. The smallest absolute Gasteiger partial charge is 0.0289 e. The highest BCUT2D eigenvalue weighted by Gasteiger charge is 2.23. The molecule has 1 atom stereocenters. The van der Waals surface area contributed by atoms with E-state index in [1.54, 1.807) is 0 Å². The van der Waals surface area contributed by atoms with Gasteiger partial charge < -0.3 is 0 Å². The van der Waals surface area contributed by atoms with Gasteiger partial charge in [0.25, 0.3) is 0 Å². The lowest BCUT2D eigenvalue weighted by atomic mass is 9.91. The van der Waals surface area contributed by atoms with Gasteiger partial charge in [-0.3, -0.25) is 0 Å². The van der Waals surface area contributed by atoms with Crippen LogP contribution in [0.15, 0.2) is 36.4 Å². The molecule has 2 heteroatoms. The number of benzene rings is 1. The van der Waals surface area contributed by atoms with Gasteiger partial charge in [0.05, 0.1) is 0 Å². The quantitative estimate of drug-likeness (QED) is 0.636. The maximum Gasteiger partial charge on any atom is 0.0289 e. The van der Waals surface area contributed by atoms with Crippen molar-refractivity contribution in [2.75, 3.05) is 11.5 Å². The van der Waals surface area contributed by atoms with E-state index in [-0.39, 0.29) is 0 Å². The van der Waals surface area contributed by atoms with Crippen LogP contribution in [0.5, 0.6) is 0 Å². The summed E-state index contributed by atoms with van der Waals surface area (Å²) in [7, 11) is 0. The second-order valence-electron chi connectivity index (χ2n) is 5.57. The van der Waals surface area contributed by atoms with Crippen LogP contribution in [0.3, 0.4) is 0 Å². The highest BCUT2D eigenvalue weighted by Crippen LogP contribution is 2.36. The fraction of sp³-hybridized carbons (Fsp3) is 0.529. The molecule has 1 aromatic rings. The summed E-state index contributed by atoms with van der Waals surface area (Å²) in [6.07, 6.45) is 2.47. The Bertz CT molecular complexity index is 387. The molecule has 0 heterocycles. The fourth-order valence-corrected chi connectivity index (χ4v) is 3.87. The van der Waals surface area contributed by atoms with Gasteiger partial charge in [0.1, 0.15) is 0 Å². The minimum atomic E-state index is 0.301. The fourth-order valence-electron chi connectivity index (χ4n) is 1.85. The van der Waals surface area contributed by atoms with Crippen LogP contribution in [0, 0.1) is 5.41 Å². The molecule has 19 heavy (non-hydrogen) atoms. The van der Waals surface area contributed by atoms with E-state index in [9.17, 15) is 0 Å². The first-order valence-corrected chi connectivity index (χ1v) is 9.04. The van der Waals surface area contributed by atoms with Crippen molar-refractivity contribution in [1.29, 1.82) is 0 Å². The first-order valence-electron chi connectivity index (χ1n) is 7.00. The Hall–Kier alpha value is -0.340. The summed E-state index contributed by atoms with van der Waals surface area (Å²) in [6.45, 7) is 11.5. The van der Waals surface area contributed by atoms with Crippen molar-refractivity contribution in [3.8, 4) is 0 Å². The van der Waals surface area contributed by atoms with Gasteiger partial charge in [-0.2, -0.15) is 11.8 Å². The lowest BCUT2D eigenvalue weighted by Crippen LogP contribution is -2.21. The summed E-state index contributed by atoms with van der Waals surface area (Å²) in [5, 5.41) is 0.562. The van der Waals surface area contributed by atoms with Crippen LogP contribution in [0.4, 0.5) is 0 Å². The van der Waals surface area contributed by atoms with E-state index in [4.69, 9.17) is 0 Å². The Kier molecular flexibility index (Phi) is 7.09. The molecule has 1 unspecified atom stereocenters. The summed E-state index contributed by atoms with van der Waals surface area (Å²) in [4.78, 5) is 1.42. The number of hydrogen-bond donors (Lipinski definition) is 0. The predicted molar refractivity (Wildman–Crippen MR) is 93.9 cm³/mol. The van der Waals surface area contributed by atoms with Gasteiger partial charge in [0.2, 0.25) is 0 Å². The summed E-state index contributed by atoms with van der Waals surface area (Å²) >= 11 is 3.99. The molecule has 0 nitrogen and oxygen atoms in total. The van der Waals surface area contributed by atoms with Crippen LogP contribution < -0.4 is 0 Å². The molecule has 0 spiro atoms. The van der Waals surface area contributed by atoms with Crippen molar-refractivity contribution in [1.82, 2.24) is 0 Å². The summed E-state index contributed by atoms with van der Waals surface area (Å²) in [5.74, 6) is 2.28. The van der Waals surface area contributed by atoms with E-state index in [2.05, 4.69) is 71.0 Å². The van der Waals surface area contributed by atoms with E-state index in [0.29, 0.717) is 10.7 Å². The Labute approximate surface area is 127 Å². The van der Waals surface area contributed by atoms with Crippen molar-refractivity contribution < 1.29 is 0 Å². The maximum atomic E-state index is 2.47. The van der Waals surface area contributed by atoms with Crippen LogP contribution in [-0.4, -0.2) is 16.8 Å². The van der Waals surface area contributed by atoms with Gasteiger partial charge in [0.15, 0.2) is 0 Å². The van der Waals surface area contributed by atoms with E-state index >= 15 is 0 Å². The van der Waals surface area contributed by atoms with Crippen LogP contribution in [-0.2, 0) is 0 Å². The molecule has 106 valence electrons. The zero-order valence-corrected chi connectivity index (χ0v) is 14.4. The summed E-state index contributed by atoms with van der Waals surface area (Å²) in [6, 6.07) is 10.8. The largest absolute Gasteiger partial charge is 0.154 e. The van der Waals surface area contributed by atoms with Crippen molar-refractivity contribution >= 4 is 28.4 Å². The minimum absolute atomic E-state index is 0.301. The number of hydrogen-bond acceptors (Lipinski definition) is 2. The second kappa shape index (κ2) is 8.06. The molecule has 0 fully saturated rings. The molecular formula is C17H26S2. The molecular weight excluding hydrogens is 268 g/mol. The van der Waals surface area contributed by atoms with Gasteiger partial charge in [0, 0.05) is 10.2 Å². The normalized spacial score (nSPS) is 14.5. The molecule has 0 radical (unpaired) electrons. The van der Waals surface area contributed by atoms with Gasteiger partial charge >= 0.3 is 0 Å². The third-order valence-electron chi connectivity index (χ3n) is 2.86. The average Bonchev–Trinajstić information content (AvgIpc) is 2.37. The van der Waals surface area contributed by atoms with E-state index in [0.717, 1.165) is 11.5 Å². The third kappa shape index (κ3) is 5.66. The minimum Gasteiger partial charge on any atom is -0.154 e. The standard InChI is InChI=1S/C17H26S2/c1-6-18-15(14-11-9-8-10-12-14)13-16(19-7-2)17(3,4)5/h8-13,16H,6-7H2,1-5H3/b15-13-. The molecule has 0 aliphatic carbocycles. The summed E-state index contributed by atoms with van der Waals surface area (Å²) < 4.78 is 0. The Balaban J connectivity index is 3.05. The molecule has 0 saturated heterocycles. The molecule has 0 aliphatic rings. The first-order chi connectivity index (χ1) is 8.99. The van der Waals surface area contributed by atoms with E-state index < -0.39 is 0 Å². The van der Waals surface area contributed by atoms with Gasteiger partial charge in [-0.25, -0.2) is 0 Å². The molecule has 1 aromatic carbocycles. The molecule has 0 aliphatic heterocycles. The first kappa shape index (κ1) is 16.7. The zero-order chi connectivity index (χ0) is 14.3. The van der Waals surface area contributed by atoms with E-state index in [1.165, 1.54) is 10.5 Å². The van der Waals surface area contributed by atoms with E-state index in [1.807, 2.05) is 23.5 Å². The highest BCUT2D eigenvalue weighted by molar-refractivity contribution is 8.08. The topological polar surface area (TPSA) is 0 Å². The second-order valence-corrected chi connectivity index (χ2v) is 8.30. The molecule has 0 saturated carbocycles.